The molecule has 1 heterocycles. The van der Waals surface area contributed by atoms with Crippen molar-refractivity contribution in [3.05, 3.63) is 12.4 Å². The first-order chi connectivity index (χ1) is 23.3. The fourth-order valence-corrected chi connectivity index (χ4v) is 7.78. The van der Waals surface area contributed by atoms with Crippen molar-refractivity contribution in [1.82, 2.24) is 9.80 Å². The predicted molar refractivity (Wildman–Crippen MR) is 214 cm³/mol. The van der Waals surface area contributed by atoms with Gasteiger partial charge in [0.15, 0.2) is 0 Å². The van der Waals surface area contributed by atoms with Gasteiger partial charge in [-0.15, -0.1) is 0 Å². The topological polar surface area (TPSA) is 6.48 Å². The Morgan fingerprint density at radius 2 is 0.489 bits per heavy atom. The Balaban J connectivity index is 2.13. The minimum absolute atomic E-state index is 0.638. The third-order valence-corrected chi connectivity index (χ3v) is 11.1. The van der Waals surface area contributed by atoms with E-state index < -0.39 is 0 Å². The molecule has 47 heavy (non-hydrogen) atoms. The molecule has 2 heteroatoms. The van der Waals surface area contributed by atoms with Crippen LogP contribution < -0.4 is 0 Å². The van der Waals surface area contributed by atoms with Crippen LogP contribution in [-0.4, -0.2) is 29.1 Å². The van der Waals surface area contributed by atoms with Gasteiger partial charge in [0, 0.05) is 25.5 Å². The standard InChI is InChI=1S/C45H90N2/c1-4-7-10-13-16-18-20-22-24-25-26-28-30-32-34-37-40-45-46(41-38-35-15-12-9-6-3)43-44-47(45)42-39-36-33-31-29-27-23-21-19-17-14-11-8-5-2/h43-45H,4-42H2,1-3H3. The summed E-state index contributed by atoms with van der Waals surface area (Å²) in [4.78, 5) is 5.44. The van der Waals surface area contributed by atoms with E-state index >= 15 is 0 Å². The van der Waals surface area contributed by atoms with E-state index in [9.17, 15) is 0 Å². The van der Waals surface area contributed by atoms with Crippen molar-refractivity contribution in [2.45, 2.75) is 265 Å². The van der Waals surface area contributed by atoms with E-state index in [0.29, 0.717) is 6.17 Å². The first-order valence-corrected chi connectivity index (χ1v) is 22.5. The van der Waals surface area contributed by atoms with Crippen LogP contribution in [0.1, 0.15) is 258 Å². The van der Waals surface area contributed by atoms with Gasteiger partial charge >= 0.3 is 0 Å². The van der Waals surface area contributed by atoms with Crippen LogP contribution in [0.2, 0.25) is 0 Å². The van der Waals surface area contributed by atoms with Crippen LogP contribution in [0.4, 0.5) is 0 Å². The number of nitrogens with zero attached hydrogens (tertiary/aromatic N) is 2. The Hall–Kier alpha value is -0.660. The van der Waals surface area contributed by atoms with E-state index in [1.54, 1.807) is 0 Å². The molecular weight excluding hydrogens is 569 g/mol. The lowest BCUT2D eigenvalue weighted by molar-refractivity contribution is 0.135. The molecule has 0 aromatic carbocycles. The summed E-state index contributed by atoms with van der Waals surface area (Å²) in [6, 6.07) is 0. The molecule has 0 amide bonds. The zero-order valence-electron chi connectivity index (χ0n) is 33.2. The molecule has 1 atom stereocenters. The summed E-state index contributed by atoms with van der Waals surface area (Å²) >= 11 is 0. The molecule has 0 aromatic heterocycles. The van der Waals surface area contributed by atoms with E-state index in [1.165, 1.54) is 251 Å². The van der Waals surface area contributed by atoms with Crippen LogP contribution in [0.5, 0.6) is 0 Å². The van der Waals surface area contributed by atoms with E-state index in [4.69, 9.17) is 0 Å². The minimum atomic E-state index is 0.638. The molecule has 1 aliphatic heterocycles. The van der Waals surface area contributed by atoms with Crippen molar-refractivity contribution in [2.75, 3.05) is 13.1 Å². The van der Waals surface area contributed by atoms with Gasteiger partial charge in [0.05, 0.1) is 0 Å². The Kier molecular flexibility index (Phi) is 34.6. The average molecular weight is 659 g/mol. The van der Waals surface area contributed by atoms with Crippen molar-refractivity contribution in [3.63, 3.8) is 0 Å². The normalized spacial score (nSPS) is 14.7. The average Bonchev–Trinajstić information content (AvgIpc) is 3.47. The molecule has 1 rings (SSSR count). The lowest BCUT2D eigenvalue weighted by Crippen LogP contribution is -2.39. The number of hydrogen-bond donors (Lipinski definition) is 0. The van der Waals surface area contributed by atoms with Crippen LogP contribution in [-0.2, 0) is 0 Å². The van der Waals surface area contributed by atoms with Gasteiger partial charge in [-0.3, -0.25) is 0 Å². The highest BCUT2D eigenvalue weighted by Crippen LogP contribution is 2.24. The number of hydrogen-bond acceptors (Lipinski definition) is 2. The molecule has 0 N–H and O–H groups in total. The minimum Gasteiger partial charge on any atom is -0.356 e. The van der Waals surface area contributed by atoms with Crippen LogP contribution >= 0.6 is 0 Å². The second-order valence-electron chi connectivity index (χ2n) is 15.7. The molecule has 280 valence electrons. The molecule has 2 nitrogen and oxygen atoms in total. The van der Waals surface area contributed by atoms with Gasteiger partial charge in [-0.05, 0) is 25.7 Å². The van der Waals surface area contributed by atoms with Gasteiger partial charge < -0.3 is 9.80 Å². The Bertz CT molecular complexity index is 615. The highest BCUT2D eigenvalue weighted by molar-refractivity contribution is 4.97. The van der Waals surface area contributed by atoms with Crippen molar-refractivity contribution >= 4 is 0 Å². The molecule has 0 bridgehead atoms. The molecule has 0 radical (unpaired) electrons. The number of unbranched alkanes of at least 4 members (excludes halogenated alkanes) is 33. The summed E-state index contributed by atoms with van der Waals surface area (Å²) in [5, 5.41) is 0. The molecule has 0 fully saturated rings. The van der Waals surface area contributed by atoms with Gasteiger partial charge in [-0.25, -0.2) is 0 Å². The van der Waals surface area contributed by atoms with E-state index in [0.717, 1.165) is 0 Å². The summed E-state index contributed by atoms with van der Waals surface area (Å²) in [6.07, 6.45) is 58.9. The Morgan fingerprint density at radius 3 is 0.745 bits per heavy atom. The fraction of sp³-hybridized carbons (Fsp3) is 0.956. The van der Waals surface area contributed by atoms with Crippen LogP contribution in [0.25, 0.3) is 0 Å². The first kappa shape index (κ1) is 44.4. The first-order valence-electron chi connectivity index (χ1n) is 22.5. The third kappa shape index (κ3) is 28.8. The molecule has 0 aromatic rings. The van der Waals surface area contributed by atoms with Gasteiger partial charge in [-0.1, -0.05) is 233 Å². The van der Waals surface area contributed by atoms with Crippen LogP contribution in [0.3, 0.4) is 0 Å². The summed E-state index contributed by atoms with van der Waals surface area (Å²) in [7, 11) is 0. The zero-order chi connectivity index (χ0) is 33.7. The van der Waals surface area contributed by atoms with Gasteiger partial charge in [0.2, 0.25) is 0 Å². The fourth-order valence-electron chi connectivity index (χ4n) is 7.78. The number of rotatable bonds is 39. The molecular formula is C45H90N2. The van der Waals surface area contributed by atoms with Crippen molar-refractivity contribution < 1.29 is 0 Å². The van der Waals surface area contributed by atoms with Crippen molar-refractivity contribution in [3.8, 4) is 0 Å². The van der Waals surface area contributed by atoms with Crippen molar-refractivity contribution in [2.24, 2.45) is 0 Å². The van der Waals surface area contributed by atoms with E-state index in [1.807, 2.05) is 0 Å². The lowest BCUT2D eigenvalue weighted by atomic mass is 10.0. The van der Waals surface area contributed by atoms with Gasteiger partial charge in [-0.2, -0.15) is 0 Å². The van der Waals surface area contributed by atoms with Crippen LogP contribution in [0, 0.1) is 0 Å². The van der Waals surface area contributed by atoms with Crippen molar-refractivity contribution in [1.29, 1.82) is 0 Å². The molecule has 0 saturated heterocycles. The predicted octanol–water partition coefficient (Wildman–Crippen LogP) is 15.9. The summed E-state index contributed by atoms with van der Waals surface area (Å²) in [6.45, 7) is 9.49. The quantitative estimate of drug-likeness (QED) is 0.0606. The maximum absolute atomic E-state index is 2.72. The Labute approximate surface area is 299 Å². The van der Waals surface area contributed by atoms with Gasteiger partial charge in [0.25, 0.3) is 0 Å². The molecule has 1 unspecified atom stereocenters. The maximum Gasteiger partial charge on any atom is 0.101 e. The summed E-state index contributed by atoms with van der Waals surface area (Å²) in [5.41, 5.74) is 0. The van der Waals surface area contributed by atoms with Crippen LogP contribution in [0.15, 0.2) is 12.4 Å². The maximum atomic E-state index is 2.72. The van der Waals surface area contributed by atoms with Gasteiger partial charge in [0.1, 0.15) is 6.17 Å². The highest BCUT2D eigenvalue weighted by atomic mass is 15.4. The molecule has 1 aliphatic rings. The Morgan fingerprint density at radius 1 is 0.277 bits per heavy atom. The van der Waals surface area contributed by atoms with E-state index in [-0.39, 0.29) is 0 Å². The lowest BCUT2D eigenvalue weighted by Gasteiger charge is -2.33. The second-order valence-corrected chi connectivity index (χ2v) is 15.7. The smallest absolute Gasteiger partial charge is 0.101 e. The third-order valence-electron chi connectivity index (χ3n) is 11.1. The second kappa shape index (κ2) is 36.6. The summed E-state index contributed by atoms with van der Waals surface area (Å²) < 4.78 is 0. The SMILES string of the molecule is CCCCCCCCCCCCCCCCCCC1N(CCCCCCCC)C=CN1CCCCCCCCCCCCCCCC. The highest BCUT2D eigenvalue weighted by Gasteiger charge is 2.24. The zero-order valence-corrected chi connectivity index (χ0v) is 33.2. The monoisotopic (exact) mass is 659 g/mol. The molecule has 0 saturated carbocycles. The summed E-state index contributed by atoms with van der Waals surface area (Å²) in [5.74, 6) is 0. The molecule has 0 spiro atoms. The largest absolute Gasteiger partial charge is 0.356 e. The molecule has 0 aliphatic carbocycles. The van der Waals surface area contributed by atoms with E-state index in [2.05, 4.69) is 43.0 Å².